The molecule has 1 unspecified atom stereocenters. The third-order valence-corrected chi connectivity index (χ3v) is 2.96. The molecule has 0 N–H and O–H groups in total. The average Bonchev–Trinajstić information content (AvgIpc) is 2.16. The van der Waals surface area contributed by atoms with Crippen LogP contribution in [0.5, 0.6) is 0 Å². The summed E-state index contributed by atoms with van der Waals surface area (Å²) in [6.07, 6.45) is 3.91. The van der Waals surface area contributed by atoms with Crippen molar-refractivity contribution >= 4 is 6.29 Å². The summed E-state index contributed by atoms with van der Waals surface area (Å²) >= 11 is 0. The van der Waals surface area contributed by atoms with Crippen molar-refractivity contribution < 1.29 is 14.3 Å². The van der Waals surface area contributed by atoms with Crippen molar-refractivity contribution in [3.05, 3.63) is 0 Å². The first-order chi connectivity index (χ1) is 6.97. The molecule has 1 aliphatic rings. The summed E-state index contributed by atoms with van der Waals surface area (Å²) in [5.41, 5.74) is -0.405. The van der Waals surface area contributed by atoms with Gasteiger partial charge in [-0.3, -0.25) is 0 Å². The fraction of sp³-hybridized carbons (Fsp3) is 0.917. The van der Waals surface area contributed by atoms with E-state index < -0.39 is 0 Å². The normalized spacial score (nSPS) is 33.3. The predicted molar refractivity (Wildman–Crippen MR) is 58.9 cm³/mol. The van der Waals surface area contributed by atoms with E-state index in [0.717, 1.165) is 25.5 Å². The first-order valence-corrected chi connectivity index (χ1v) is 5.66. The fourth-order valence-electron chi connectivity index (χ4n) is 1.84. The molecule has 0 aromatic rings. The topological polar surface area (TPSA) is 35.5 Å². The summed E-state index contributed by atoms with van der Waals surface area (Å²) in [5, 5.41) is 0. The molecule has 1 aliphatic heterocycles. The molecule has 0 aromatic carbocycles. The number of carbonyl (C=O) groups is 1. The van der Waals surface area contributed by atoms with Gasteiger partial charge >= 0.3 is 0 Å². The van der Waals surface area contributed by atoms with Gasteiger partial charge in [-0.1, -0.05) is 6.92 Å². The molecular weight excluding hydrogens is 192 g/mol. The van der Waals surface area contributed by atoms with Crippen molar-refractivity contribution in [3.8, 4) is 0 Å². The summed E-state index contributed by atoms with van der Waals surface area (Å²) in [6.45, 7) is 7.85. The molecule has 1 atom stereocenters. The van der Waals surface area contributed by atoms with E-state index in [-0.39, 0.29) is 11.0 Å². The van der Waals surface area contributed by atoms with Gasteiger partial charge in [-0.15, -0.1) is 0 Å². The highest BCUT2D eigenvalue weighted by molar-refractivity contribution is 5.58. The maximum atomic E-state index is 11.0. The van der Waals surface area contributed by atoms with Gasteiger partial charge in [-0.2, -0.15) is 0 Å². The molecule has 0 bridgehead atoms. The summed E-state index contributed by atoms with van der Waals surface area (Å²) in [7, 11) is 0. The Morgan fingerprint density at radius 3 is 2.53 bits per heavy atom. The minimum absolute atomic E-state index is 0.0928. The van der Waals surface area contributed by atoms with Crippen LogP contribution in [0, 0.1) is 5.41 Å². The van der Waals surface area contributed by atoms with Crippen molar-refractivity contribution in [2.24, 2.45) is 5.41 Å². The van der Waals surface area contributed by atoms with Gasteiger partial charge in [0.15, 0.2) is 0 Å². The van der Waals surface area contributed by atoms with Gasteiger partial charge in [0.2, 0.25) is 0 Å². The van der Waals surface area contributed by atoms with Crippen molar-refractivity contribution in [3.63, 3.8) is 0 Å². The Kier molecular flexibility index (Phi) is 4.29. The lowest BCUT2D eigenvalue weighted by Crippen LogP contribution is -2.32. The summed E-state index contributed by atoms with van der Waals surface area (Å²) < 4.78 is 11.1. The fourth-order valence-corrected chi connectivity index (χ4v) is 1.84. The minimum atomic E-state index is -0.312. The van der Waals surface area contributed by atoms with Gasteiger partial charge in [0.05, 0.1) is 25.4 Å². The highest BCUT2D eigenvalue weighted by Gasteiger charge is 2.27. The lowest BCUT2D eigenvalue weighted by atomic mass is 9.85. The molecule has 0 aromatic heterocycles. The number of hydrogen-bond donors (Lipinski definition) is 0. The molecular formula is C12H22O3. The zero-order valence-electron chi connectivity index (χ0n) is 10.0. The number of aldehydes is 1. The molecule has 88 valence electrons. The standard InChI is InChI=1S/C12H22O3/c1-11(2)5-4-6-12(3,9-13)10-14-7-8-15-11/h9H,4-8,10H2,1-3H3. The maximum Gasteiger partial charge on any atom is 0.128 e. The zero-order valence-corrected chi connectivity index (χ0v) is 10.0. The molecule has 0 spiro atoms. The number of hydrogen-bond acceptors (Lipinski definition) is 3. The Morgan fingerprint density at radius 1 is 1.13 bits per heavy atom. The summed E-state index contributed by atoms with van der Waals surface area (Å²) in [5.74, 6) is 0. The van der Waals surface area contributed by atoms with E-state index in [4.69, 9.17) is 9.47 Å². The average molecular weight is 214 g/mol. The Hall–Kier alpha value is -0.410. The highest BCUT2D eigenvalue weighted by atomic mass is 16.5. The van der Waals surface area contributed by atoms with Crippen LogP contribution in [0.1, 0.15) is 40.0 Å². The zero-order chi connectivity index (χ0) is 11.4. The van der Waals surface area contributed by atoms with Crippen LogP contribution in [0.25, 0.3) is 0 Å². The van der Waals surface area contributed by atoms with Gasteiger partial charge in [0, 0.05) is 5.41 Å². The quantitative estimate of drug-likeness (QED) is 0.628. The lowest BCUT2D eigenvalue weighted by molar-refractivity contribution is -0.122. The van der Waals surface area contributed by atoms with Crippen LogP contribution in [-0.2, 0) is 14.3 Å². The lowest BCUT2D eigenvalue weighted by Gasteiger charge is -2.30. The molecule has 1 heterocycles. The van der Waals surface area contributed by atoms with Crippen LogP contribution in [0.4, 0.5) is 0 Å². The molecule has 1 rings (SSSR count). The molecule has 1 saturated heterocycles. The van der Waals surface area contributed by atoms with E-state index in [1.54, 1.807) is 0 Å². The monoisotopic (exact) mass is 214 g/mol. The van der Waals surface area contributed by atoms with Crippen LogP contribution in [-0.4, -0.2) is 31.7 Å². The Balaban J connectivity index is 2.54. The van der Waals surface area contributed by atoms with E-state index >= 15 is 0 Å². The van der Waals surface area contributed by atoms with Crippen LogP contribution < -0.4 is 0 Å². The van der Waals surface area contributed by atoms with E-state index in [2.05, 4.69) is 13.8 Å². The molecule has 0 saturated carbocycles. The Labute approximate surface area is 92.1 Å². The molecule has 3 heteroatoms. The number of rotatable bonds is 1. The molecule has 15 heavy (non-hydrogen) atoms. The van der Waals surface area contributed by atoms with Crippen LogP contribution in [0.2, 0.25) is 0 Å². The summed E-state index contributed by atoms with van der Waals surface area (Å²) in [6, 6.07) is 0. The van der Waals surface area contributed by atoms with Crippen molar-refractivity contribution in [1.82, 2.24) is 0 Å². The van der Waals surface area contributed by atoms with Gasteiger partial charge in [0.1, 0.15) is 6.29 Å². The largest absolute Gasteiger partial charge is 0.378 e. The van der Waals surface area contributed by atoms with Crippen molar-refractivity contribution in [2.45, 2.75) is 45.6 Å². The van der Waals surface area contributed by atoms with Crippen LogP contribution in [0.15, 0.2) is 0 Å². The highest BCUT2D eigenvalue weighted by Crippen LogP contribution is 2.27. The Morgan fingerprint density at radius 2 is 1.87 bits per heavy atom. The number of ether oxygens (including phenoxy) is 2. The van der Waals surface area contributed by atoms with Gasteiger partial charge in [-0.25, -0.2) is 0 Å². The second kappa shape index (κ2) is 5.08. The third-order valence-electron chi connectivity index (χ3n) is 2.96. The van der Waals surface area contributed by atoms with Crippen LogP contribution >= 0.6 is 0 Å². The van der Waals surface area contributed by atoms with Crippen molar-refractivity contribution in [2.75, 3.05) is 19.8 Å². The molecule has 0 amide bonds. The second-order valence-electron chi connectivity index (χ2n) is 5.29. The first-order valence-electron chi connectivity index (χ1n) is 5.66. The smallest absolute Gasteiger partial charge is 0.128 e. The molecule has 0 aliphatic carbocycles. The predicted octanol–water partition coefficient (Wildman–Crippen LogP) is 2.19. The second-order valence-corrected chi connectivity index (χ2v) is 5.29. The molecule has 1 fully saturated rings. The summed E-state index contributed by atoms with van der Waals surface area (Å²) in [4.78, 5) is 11.0. The molecule has 3 nitrogen and oxygen atoms in total. The Bertz CT molecular complexity index is 213. The first kappa shape index (κ1) is 12.7. The van der Waals surface area contributed by atoms with E-state index in [1.165, 1.54) is 0 Å². The number of carbonyl (C=O) groups excluding carboxylic acids is 1. The van der Waals surface area contributed by atoms with Crippen molar-refractivity contribution in [1.29, 1.82) is 0 Å². The van der Waals surface area contributed by atoms with E-state index in [9.17, 15) is 4.79 Å². The van der Waals surface area contributed by atoms with E-state index in [1.807, 2.05) is 6.92 Å². The van der Waals surface area contributed by atoms with E-state index in [0.29, 0.717) is 19.8 Å². The van der Waals surface area contributed by atoms with Crippen LogP contribution in [0.3, 0.4) is 0 Å². The van der Waals surface area contributed by atoms with Gasteiger partial charge in [-0.05, 0) is 33.1 Å². The SMILES string of the molecule is CC1(C=O)CCCC(C)(C)OCCOC1. The third kappa shape index (κ3) is 4.31. The minimum Gasteiger partial charge on any atom is -0.378 e. The van der Waals surface area contributed by atoms with Gasteiger partial charge in [0.25, 0.3) is 0 Å². The maximum absolute atomic E-state index is 11.0. The van der Waals surface area contributed by atoms with Gasteiger partial charge < -0.3 is 14.3 Å². The molecule has 0 radical (unpaired) electrons.